The number of alkyl halides is 1. The predicted octanol–water partition coefficient (Wildman–Crippen LogP) is 1.51. The van der Waals surface area contributed by atoms with Crippen LogP contribution >= 0.6 is 22.6 Å². The van der Waals surface area contributed by atoms with Crippen LogP contribution in [0.15, 0.2) is 11.8 Å². The van der Waals surface area contributed by atoms with Gasteiger partial charge in [-0.3, -0.25) is 0 Å². The average molecular weight is 270 g/mol. The van der Waals surface area contributed by atoms with Gasteiger partial charge >= 0.3 is 5.97 Å². The van der Waals surface area contributed by atoms with E-state index in [2.05, 4.69) is 27.3 Å². The lowest BCUT2D eigenvalue weighted by Crippen LogP contribution is -2.02. The summed E-state index contributed by atoms with van der Waals surface area (Å²) in [5.41, 5.74) is 0. The molecule has 4 heteroatoms. The van der Waals surface area contributed by atoms with E-state index in [1.54, 1.807) is 6.92 Å². The minimum Gasteiger partial charge on any atom is -0.500 e. The molecule has 0 aliphatic heterocycles. The Morgan fingerprint density at radius 2 is 2.27 bits per heavy atom. The summed E-state index contributed by atoms with van der Waals surface area (Å²) in [6.45, 7) is 2.16. The average Bonchev–Trinajstić information content (AvgIpc) is 2.01. The first-order valence-corrected chi connectivity index (χ1v) is 4.74. The SMILES string of the molecule is CCOC(=O)/C=C(/CI)OC. The molecule has 11 heavy (non-hydrogen) atoms. The van der Waals surface area contributed by atoms with Gasteiger partial charge in [0.05, 0.1) is 24.2 Å². The number of allylic oxidation sites excluding steroid dienone is 1. The highest BCUT2D eigenvalue weighted by atomic mass is 127. The monoisotopic (exact) mass is 270 g/mol. The van der Waals surface area contributed by atoms with Gasteiger partial charge in [-0.15, -0.1) is 0 Å². The minimum atomic E-state index is -0.346. The Labute approximate surface area is 79.9 Å². The maximum Gasteiger partial charge on any atom is 0.334 e. The zero-order valence-corrected chi connectivity index (χ0v) is 8.75. The van der Waals surface area contributed by atoms with Crippen molar-refractivity contribution in [2.75, 3.05) is 18.1 Å². The molecule has 0 radical (unpaired) electrons. The molecule has 0 atom stereocenters. The molecule has 3 nitrogen and oxygen atoms in total. The molecular weight excluding hydrogens is 259 g/mol. The fourth-order valence-electron chi connectivity index (χ4n) is 0.467. The summed E-state index contributed by atoms with van der Waals surface area (Å²) >= 11 is 2.11. The van der Waals surface area contributed by atoms with Crippen molar-refractivity contribution in [3.8, 4) is 0 Å². The first kappa shape index (κ1) is 10.7. The van der Waals surface area contributed by atoms with Crippen molar-refractivity contribution in [3.63, 3.8) is 0 Å². The molecule has 0 N–H and O–H groups in total. The van der Waals surface area contributed by atoms with Crippen molar-refractivity contribution in [2.24, 2.45) is 0 Å². The van der Waals surface area contributed by atoms with Crippen LogP contribution in [-0.2, 0) is 14.3 Å². The highest BCUT2D eigenvalue weighted by Gasteiger charge is 1.99. The van der Waals surface area contributed by atoms with Gasteiger partial charge < -0.3 is 9.47 Å². The molecule has 0 unspecified atom stereocenters. The Bertz CT molecular complexity index is 148. The van der Waals surface area contributed by atoms with E-state index in [9.17, 15) is 4.79 Å². The number of carbonyl (C=O) groups is 1. The lowest BCUT2D eigenvalue weighted by atomic mass is 10.5. The quantitative estimate of drug-likeness (QED) is 0.255. The normalized spacial score (nSPS) is 11.0. The number of carbonyl (C=O) groups excluding carboxylic acids is 1. The smallest absolute Gasteiger partial charge is 0.334 e. The summed E-state index contributed by atoms with van der Waals surface area (Å²) in [4.78, 5) is 10.8. The number of esters is 1. The van der Waals surface area contributed by atoms with Gasteiger partial charge in [0.25, 0.3) is 0 Å². The molecule has 0 aromatic rings. The predicted molar refractivity (Wildman–Crippen MR) is 50.6 cm³/mol. The van der Waals surface area contributed by atoms with Gasteiger partial charge in [0.1, 0.15) is 5.76 Å². The Kier molecular flexibility index (Phi) is 6.30. The molecule has 0 aliphatic rings. The van der Waals surface area contributed by atoms with E-state index in [-0.39, 0.29) is 5.97 Å². The van der Waals surface area contributed by atoms with Crippen molar-refractivity contribution in [3.05, 3.63) is 11.8 Å². The molecule has 0 heterocycles. The molecule has 0 rings (SSSR count). The van der Waals surface area contributed by atoms with Crippen molar-refractivity contribution in [1.29, 1.82) is 0 Å². The first-order chi connectivity index (χ1) is 5.24. The fraction of sp³-hybridized carbons (Fsp3) is 0.571. The molecule has 0 aromatic carbocycles. The highest BCUT2D eigenvalue weighted by molar-refractivity contribution is 14.1. The Morgan fingerprint density at radius 3 is 2.64 bits per heavy atom. The zero-order valence-electron chi connectivity index (χ0n) is 6.59. The van der Waals surface area contributed by atoms with Crippen LogP contribution in [0.25, 0.3) is 0 Å². The topological polar surface area (TPSA) is 35.5 Å². The second-order valence-electron chi connectivity index (χ2n) is 1.70. The van der Waals surface area contributed by atoms with Gasteiger partial charge in [0.2, 0.25) is 0 Å². The third-order valence-electron chi connectivity index (χ3n) is 0.959. The largest absolute Gasteiger partial charge is 0.500 e. The maximum absolute atomic E-state index is 10.8. The summed E-state index contributed by atoms with van der Waals surface area (Å²) in [6.07, 6.45) is 1.36. The number of rotatable bonds is 4. The summed E-state index contributed by atoms with van der Waals surface area (Å²) in [5, 5.41) is 0. The molecule has 0 aliphatic carbocycles. The molecule has 64 valence electrons. The van der Waals surface area contributed by atoms with Crippen LogP contribution < -0.4 is 0 Å². The van der Waals surface area contributed by atoms with E-state index in [1.807, 2.05) is 0 Å². The fourth-order valence-corrected chi connectivity index (χ4v) is 0.999. The standard InChI is InChI=1S/C7H11IO3/c1-3-11-7(9)4-6(5-8)10-2/h4H,3,5H2,1-2H3/b6-4-. The van der Waals surface area contributed by atoms with E-state index >= 15 is 0 Å². The zero-order chi connectivity index (χ0) is 8.69. The minimum absolute atomic E-state index is 0.346. The van der Waals surface area contributed by atoms with Crippen LogP contribution in [0.3, 0.4) is 0 Å². The van der Waals surface area contributed by atoms with Crippen molar-refractivity contribution in [2.45, 2.75) is 6.92 Å². The van der Waals surface area contributed by atoms with Crippen LogP contribution in [0.5, 0.6) is 0 Å². The number of ether oxygens (including phenoxy) is 2. The third-order valence-corrected chi connectivity index (χ3v) is 1.71. The highest BCUT2D eigenvalue weighted by Crippen LogP contribution is 2.00. The molecule has 0 amide bonds. The molecule has 0 bridgehead atoms. The van der Waals surface area contributed by atoms with Crippen LogP contribution in [0.1, 0.15) is 6.92 Å². The van der Waals surface area contributed by atoms with Crippen LogP contribution in [0.4, 0.5) is 0 Å². The number of hydrogen-bond donors (Lipinski definition) is 0. The molecule has 0 fully saturated rings. The van der Waals surface area contributed by atoms with E-state index in [0.29, 0.717) is 16.8 Å². The second-order valence-corrected chi connectivity index (χ2v) is 2.46. The summed E-state index contributed by atoms with van der Waals surface area (Å²) in [6, 6.07) is 0. The molecule has 0 spiro atoms. The van der Waals surface area contributed by atoms with Crippen LogP contribution in [0.2, 0.25) is 0 Å². The van der Waals surface area contributed by atoms with Gasteiger partial charge in [0.15, 0.2) is 0 Å². The first-order valence-electron chi connectivity index (χ1n) is 3.21. The Balaban J connectivity index is 3.93. The molecule has 0 saturated carbocycles. The van der Waals surface area contributed by atoms with Gasteiger partial charge in [-0.05, 0) is 6.92 Å². The lowest BCUT2D eigenvalue weighted by molar-refractivity contribution is -0.137. The number of halogens is 1. The van der Waals surface area contributed by atoms with Gasteiger partial charge in [0, 0.05) is 0 Å². The second kappa shape index (κ2) is 6.45. The summed E-state index contributed by atoms with van der Waals surface area (Å²) in [7, 11) is 1.53. The number of methoxy groups -OCH3 is 1. The van der Waals surface area contributed by atoms with E-state index in [1.165, 1.54) is 13.2 Å². The van der Waals surface area contributed by atoms with Crippen molar-refractivity contribution in [1.82, 2.24) is 0 Å². The van der Waals surface area contributed by atoms with E-state index < -0.39 is 0 Å². The summed E-state index contributed by atoms with van der Waals surface area (Å²) in [5.74, 6) is 0.282. The van der Waals surface area contributed by atoms with Crippen LogP contribution in [-0.4, -0.2) is 24.1 Å². The third kappa shape index (κ3) is 5.06. The van der Waals surface area contributed by atoms with E-state index in [4.69, 9.17) is 4.74 Å². The van der Waals surface area contributed by atoms with Gasteiger partial charge in [-0.2, -0.15) is 0 Å². The van der Waals surface area contributed by atoms with Gasteiger partial charge in [-0.1, -0.05) is 22.6 Å². The number of hydrogen-bond acceptors (Lipinski definition) is 3. The summed E-state index contributed by atoms with van der Waals surface area (Å²) < 4.78 is 10.2. The maximum atomic E-state index is 10.8. The van der Waals surface area contributed by atoms with Crippen LogP contribution in [0, 0.1) is 0 Å². The lowest BCUT2D eigenvalue weighted by Gasteiger charge is -2.00. The Morgan fingerprint density at radius 1 is 1.64 bits per heavy atom. The Hall–Kier alpha value is -0.260. The van der Waals surface area contributed by atoms with Crippen molar-refractivity contribution >= 4 is 28.6 Å². The molecule has 0 aromatic heterocycles. The molecule has 0 saturated heterocycles. The molecular formula is C7H11IO3. The van der Waals surface area contributed by atoms with E-state index in [0.717, 1.165) is 0 Å². The van der Waals surface area contributed by atoms with Gasteiger partial charge in [-0.25, -0.2) is 4.79 Å². The van der Waals surface area contributed by atoms with Crippen molar-refractivity contribution < 1.29 is 14.3 Å².